The predicted molar refractivity (Wildman–Crippen MR) is 133 cm³/mol. The standard InChI is InChI=1S/C25H30N8O2/c1-4-33-17(2)19(15-28-33)23-30-21-22(26-16-27-24(21)31(23)3)29-20(14-18-8-6-5-7-9-18)25(34)32-10-12-35-13-11-32/h5-9,15-16,20H,4,10-14H2,1-3H3,(H,26,27,29)/t20-/m1/s1. The molecule has 0 saturated carbocycles. The van der Waals surface area contributed by atoms with Crippen LogP contribution in [0.1, 0.15) is 18.2 Å². The van der Waals surface area contributed by atoms with Gasteiger partial charge in [-0.05, 0) is 19.4 Å². The molecule has 1 saturated heterocycles. The van der Waals surface area contributed by atoms with Crippen LogP contribution in [0, 0.1) is 6.92 Å². The first kappa shape index (κ1) is 23.0. The van der Waals surface area contributed by atoms with Crippen molar-refractivity contribution in [1.29, 1.82) is 0 Å². The normalized spacial score (nSPS) is 14.9. The highest BCUT2D eigenvalue weighted by molar-refractivity contribution is 5.90. The Morgan fingerprint density at radius 3 is 2.66 bits per heavy atom. The molecule has 10 heteroatoms. The first-order valence-electron chi connectivity index (χ1n) is 11.9. The van der Waals surface area contributed by atoms with Gasteiger partial charge in [0.2, 0.25) is 5.91 Å². The van der Waals surface area contributed by atoms with Crippen molar-refractivity contribution in [3.05, 3.63) is 54.1 Å². The van der Waals surface area contributed by atoms with E-state index in [1.165, 1.54) is 6.33 Å². The van der Waals surface area contributed by atoms with E-state index < -0.39 is 6.04 Å². The van der Waals surface area contributed by atoms with Crippen LogP contribution in [0.4, 0.5) is 5.82 Å². The molecule has 0 radical (unpaired) electrons. The van der Waals surface area contributed by atoms with Crippen LogP contribution in [0.3, 0.4) is 0 Å². The van der Waals surface area contributed by atoms with Crippen molar-refractivity contribution in [2.45, 2.75) is 32.9 Å². The van der Waals surface area contributed by atoms with Gasteiger partial charge in [-0.25, -0.2) is 15.0 Å². The van der Waals surface area contributed by atoms with Gasteiger partial charge in [-0.15, -0.1) is 0 Å². The zero-order valence-corrected chi connectivity index (χ0v) is 20.3. The van der Waals surface area contributed by atoms with Gasteiger partial charge in [0, 0.05) is 38.8 Å². The minimum absolute atomic E-state index is 0.0279. The third kappa shape index (κ3) is 4.49. The van der Waals surface area contributed by atoms with Gasteiger partial charge in [0.15, 0.2) is 17.0 Å². The number of morpholine rings is 1. The molecule has 35 heavy (non-hydrogen) atoms. The average molecular weight is 475 g/mol. The van der Waals surface area contributed by atoms with Crippen LogP contribution in [0.15, 0.2) is 42.9 Å². The monoisotopic (exact) mass is 474 g/mol. The number of anilines is 1. The summed E-state index contributed by atoms with van der Waals surface area (Å²) in [6, 6.07) is 9.51. The highest BCUT2D eigenvalue weighted by Crippen LogP contribution is 2.28. The lowest BCUT2D eigenvalue weighted by Gasteiger charge is -2.31. The number of carbonyl (C=O) groups is 1. The van der Waals surface area contributed by atoms with E-state index >= 15 is 0 Å². The van der Waals surface area contributed by atoms with Crippen LogP contribution in [-0.2, 0) is 29.5 Å². The Morgan fingerprint density at radius 2 is 1.94 bits per heavy atom. The molecule has 0 aliphatic carbocycles. The molecule has 1 amide bonds. The van der Waals surface area contributed by atoms with E-state index in [-0.39, 0.29) is 5.91 Å². The number of amides is 1. The van der Waals surface area contributed by atoms with Crippen molar-refractivity contribution < 1.29 is 9.53 Å². The SMILES string of the molecule is CCn1ncc(-c2nc3c(N[C@H](Cc4ccccc4)C(=O)N4CCOCC4)ncnc3n2C)c1C. The van der Waals surface area contributed by atoms with Gasteiger partial charge in [-0.3, -0.25) is 9.48 Å². The zero-order chi connectivity index (χ0) is 24.4. The number of rotatable bonds is 7. The maximum Gasteiger partial charge on any atom is 0.245 e. The Hall–Kier alpha value is -3.79. The van der Waals surface area contributed by atoms with Crippen LogP contribution < -0.4 is 5.32 Å². The molecular formula is C25H30N8O2. The molecule has 1 aliphatic heterocycles. The quantitative estimate of drug-likeness (QED) is 0.439. The van der Waals surface area contributed by atoms with Gasteiger partial charge in [-0.2, -0.15) is 5.10 Å². The third-order valence-corrected chi connectivity index (χ3v) is 6.51. The second kappa shape index (κ2) is 9.83. The summed E-state index contributed by atoms with van der Waals surface area (Å²) in [5.41, 5.74) is 4.38. The summed E-state index contributed by atoms with van der Waals surface area (Å²) in [7, 11) is 1.94. The molecule has 0 bridgehead atoms. The van der Waals surface area contributed by atoms with Crippen LogP contribution >= 0.6 is 0 Å². The topological polar surface area (TPSA) is 103 Å². The van der Waals surface area contributed by atoms with E-state index in [1.807, 2.05) is 64.6 Å². The number of aryl methyl sites for hydroxylation is 2. The fraction of sp³-hybridized carbons (Fsp3) is 0.400. The fourth-order valence-corrected chi connectivity index (χ4v) is 4.55. The highest BCUT2D eigenvalue weighted by atomic mass is 16.5. The van der Waals surface area contributed by atoms with E-state index in [9.17, 15) is 4.79 Å². The Bertz CT molecular complexity index is 1320. The number of fused-ring (bicyclic) bond motifs is 1. The minimum atomic E-state index is -0.497. The number of nitrogens with zero attached hydrogens (tertiary/aromatic N) is 7. The maximum absolute atomic E-state index is 13.5. The van der Waals surface area contributed by atoms with Gasteiger partial charge in [0.05, 0.1) is 25.0 Å². The largest absolute Gasteiger partial charge is 0.378 e. The molecule has 1 aliphatic rings. The molecular weight excluding hydrogens is 444 g/mol. The number of imidazole rings is 1. The molecule has 3 aromatic heterocycles. The van der Waals surface area contributed by atoms with Crippen molar-refractivity contribution in [3.63, 3.8) is 0 Å². The molecule has 182 valence electrons. The highest BCUT2D eigenvalue weighted by Gasteiger charge is 2.28. The number of aromatic nitrogens is 6. The Kier molecular flexibility index (Phi) is 6.45. The number of hydrogen-bond acceptors (Lipinski definition) is 7. The fourth-order valence-electron chi connectivity index (χ4n) is 4.55. The van der Waals surface area contributed by atoms with Gasteiger partial charge in [0.1, 0.15) is 18.2 Å². The number of benzene rings is 1. The summed E-state index contributed by atoms with van der Waals surface area (Å²) in [6.45, 7) is 7.15. The van der Waals surface area contributed by atoms with Crippen LogP contribution in [0.2, 0.25) is 0 Å². The van der Waals surface area contributed by atoms with Crippen molar-refractivity contribution >= 4 is 22.9 Å². The smallest absolute Gasteiger partial charge is 0.245 e. The van der Waals surface area contributed by atoms with Crippen molar-refractivity contribution in [2.24, 2.45) is 7.05 Å². The Balaban J connectivity index is 1.51. The van der Waals surface area contributed by atoms with E-state index in [0.29, 0.717) is 49.7 Å². The lowest BCUT2D eigenvalue weighted by Crippen LogP contribution is -2.48. The summed E-state index contributed by atoms with van der Waals surface area (Å²) < 4.78 is 9.33. The molecule has 10 nitrogen and oxygen atoms in total. The molecule has 1 fully saturated rings. The number of carbonyl (C=O) groups excluding carboxylic acids is 1. The van der Waals surface area contributed by atoms with Crippen molar-refractivity contribution in [2.75, 3.05) is 31.6 Å². The van der Waals surface area contributed by atoms with Crippen molar-refractivity contribution in [3.8, 4) is 11.4 Å². The lowest BCUT2D eigenvalue weighted by molar-refractivity contribution is -0.136. The molecule has 5 rings (SSSR count). The molecule has 1 N–H and O–H groups in total. The third-order valence-electron chi connectivity index (χ3n) is 6.51. The van der Waals surface area contributed by atoms with E-state index in [2.05, 4.69) is 27.3 Å². The van der Waals surface area contributed by atoms with Gasteiger partial charge in [0.25, 0.3) is 0 Å². The van der Waals surface area contributed by atoms with Gasteiger partial charge < -0.3 is 19.5 Å². The van der Waals surface area contributed by atoms with Gasteiger partial charge in [-0.1, -0.05) is 30.3 Å². The second-order valence-electron chi connectivity index (χ2n) is 8.67. The molecule has 0 unspecified atom stereocenters. The summed E-state index contributed by atoms with van der Waals surface area (Å²) in [5, 5.41) is 7.88. The van der Waals surface area contributed by atoms with E-state index in [0.717, 1.165) is 29.2 Å². The number of ether oxygens (including phenoxy) is 1. The predicted octanol–water partition coefficient (Wildman–Crippen LogP) is 2.44. The van der Waals surface area contributed by atoms with Crippen LogP contribution in [0.5, 0.6) is 0 Å². The summed E-state index contributed by atoms with van der Waals surface area (Å²) in [6.07, 6.45) is 3.88. The molecule has 4 heterocycles. The summed E-state index contributed by atoms with van der Waals surface area (Å²) >= 11 is 0. The van der Waals surface area contributed by atoms with Crippen molar-refractivity contribution in [1.82, 2.24) is 34.2 Å². The molecule has 0 spiro atoms. The maximum atomic E-state index is 13.5. The molecule has 1 aromatic carbocycles. The molecule has 4 aromatic rings. The average Bonchev–Trinajstić information content (AvgIpc) is 3.43. The Labute approximate surface area is 204 Å². The number of hydrogen-bond donors (Lipinski definition) is 1. The van der Waals surface area contributed by atoms with Crippen LogP contribution in [0.25, 0.3) is 22.6 Å². The first-order chi connectivity index (χ1) is 17.1. The van der Waals surface area contributed by atoms with Gasteiger partial charge >= 0.3 is 0 Å². The van der Waals surface area contributed by atoms with E-state index in [1.54, 1.807) is 0 Å². The summed E-state index contributed by atoms with van der Waals surface area (Å²) in [4.78, 5) is 29.3. The Morgan fingerprint density at radius 1 is 1.17 bits per heavy atom. The number of nitrogens with one attached hydrogen (secondary N) is 1. The zero-order valence-electron chi connectivity index (χ0n) is 20.3. The lowest BCUT2D eigenvalue weighted by atomic mass is 10.0. The first-order valence-corrected chi connectivity index (χ1v) is 11.9. The van der Waals surface area contributed by atoms with E-state index in [4.69, 9.17) is 9.72 Å². The minimum Gasteiger partial charge on any atom is -0.378 e. The summed E-state index contributed by atoms with van der Waals surface area (Å²) in [5.74, 6) is 1.33. The second-order valence-corrected chi connectivity index (χ2v) is 8.67. The van der Waals surface area contributed by atoms with Crippen LogP contribution in [-0.4, -0.2) is 72.5 Å². The molecule has 1 atom stereocenters.